The van der Waals surface area contributed by atoms with Gasteiger partial charge in [-0.05, 0) is 29.1 Å². The van der Waals surface area contributed by atoms with Gasteiger partial charge in [-0.25, -0.2) is 0 Å². The van der Waals surface area contributed by atoms with E-state index in [0.29, 0.717) is 0 Å². The van der Waals surface area contributed by atoms with E-state index in [1.54, 1.807) is 6.66 Å². The molecule has 0 aromatic rings. The minimum absolute atomic E-state index is 0.0964. The number of aliphatic hydroxyl groups is 1. The second-order valence-electron chi connectivity index (χ2n) is 2.55. The molecule has 0 aromatic heterocycles. The molecule has 0 aliphatic rings. The first-order chi connectivity index (χ1) is 5.49. The van der Waals surface area contributed by atoms with Crippen molar-refractivity contribution in [1.29, 1.82) is 0 Å². The summed E-state index contributed by atoms with van der Waals surface area (Å²) in [7, 11) is 0.0964. The number of rotatable bonds is 4. The Labute approximate surface area is 73.5 Å². The number of nitrogens with one attached hydrogen (secondary N) is 1. The van der Waals surface area contributed by atoms with Crippen LogP contribution in [0.1, 0.15) is 13.8 Å². The van der Waals surface area contributed by atoms with E-state index in [9.17, 15) is 9.59 Å². The Kier molecular flexibility index (Phi) is 5.02. The predicted octanol–water partition coefficient (Wildman–Crippen LogP) is 0.343. The van der Waals surface area contributed by atoms with E-state index in [4.69, 9.17) is 5.11 Å². The fourth-order valence-electron chi connectivity index (χ4n) is 0.775. The molecule has 0 saturated carbocycles. The van der Waals surface area contributed by atoms with E-state index in [0.717, 1.165) is 0 Å². The highest BCUT2D eigenvalue weighted by atomic mass is 31.1. The molecular weight excluding hydrogens is 177 g/mol. The molecule has 0 radical (unpaired) electrons. The summed E-state index contributed by atoms with van der Waals surface area (Å²) in [5.41, 5.74) is -0.198. The number of Topliss-reactive ketones (excluding diaryl/α,β-unsaturated/α-hetero) is 1. The van der Waals surface area contributed by atoms with Crippen LogP contribution in [0.25, 0.3) is 0 Å². The Balaban J connectivity index is 4.14. The summed E-state index contributed by atoms with van der Waals surface area (Å²) < 4.78 is 0. The minimum atomic E-state index is -0.831. The summed E-state index contributed by atoms with van der Waals surface area (Å²) in [6.07, 6.45) is -0.831. The van der Waals surface area contributed by atoms with Gasteiger partial charge in [0.15, 0.2) is 5.78 Å². The lowest BCUT2D eigenvalue weighted by Gasteiger charge is -2.17. The van der Waals surface area contributed by atoms with Gasteiger partial charge in [0.1, 0.15) is 6.04 Å². The predicted molar refractivity (Wildman–Crippen MR) is 48.9 cm³/mol. The van der Waals surface area contributed by atoms with E-state index in [1.807, 2.05) is 0 Å². The maximum Gasteiger partial charge on any atom is 0.238 e. The van der Waals surface area contributed by atoms with Crippen LogP contribution in [0.2, 0.25) is 0 Å². The first kappa shape index (κ1) is 11.5. The van der Waals surface area contributed by atoms with Crippen molar-refractivity contribution in [1.82, 2.24) is 5.32 Å². The highest BCUT2D eigenvalue weighted by Crippen LogP contribution is 2.05. The third-order valence-corrected chi connectivity index (χ3v) is 2.03. The van der Waals surface area contributed by atoms with Crippen LogP contribution in [-0.4, -0.2) is 35.3 Å². The standard InChI is InChI=1S/C7H14NO3P/c1-4(9)6(5(2)10)8-7(11)12-3/h4,6,9,12H,1-3H3,(H,8,11). The average Bonchev–Trinajstić information content (AvgIpc) is 1.98. The van der Waals surface area contributed by atoms with Crippen molar-refractivity contribution < 1.29 is 14.7 Å². The van der Waals surface area contributed by atoms with Gasteiger partial charge in [-0.1, -0.05) is 0 Å². The highest BCUT2D eigenvalue weighted by Gasteiger charge is 2.20. The number of hydrogen-bond acceptors (Lipinski definition) is 3. The fourth-order valence-corrected chi connectivity index (χ4v) is 1.08. The third kappa shape index (κ3) is 3.79. The van der Waals surface area contributed by atoms with Crippen molar-refractivity contribution in [2.75, 3.05) is 6.66 Å². The molecular formula is C7H14NO3P. The molecule has 0 aliphatic heterocycles. The number of ketones is 1. The quantitative estimate of drug-likeness (QED) is 0.630. The van der Waals surface area contributed by atoms with Crippen molar-refractivity contribution in [2.24, 2.45) is 0 Å². The van der Waals surface area contributed by atoms with Gasteiger partial charge in [-0.2, -0.15) is 0 Å². The van der Waals surface area contributed by atoms with Crippen LogP contribution >= 0.6 is 8.58 Å². The van der Waals surface area contributed by atoms with E-state index < -0.39 is 12.1 Å². The van der Waals surface area contributed by atoms with Gasteiger partial charge in [-0.3, -0.25) is 9.59 Å². The van der Waals surface area contributed by atoms with E-state index >= 15 is 0 Å². The smallest absolute Gasteiger partial charge is 0.238 e. The fraction of sp³-hybridized carbons (Fsp3) is 0.714. The zero-order valence-electron chi connectivity index (χ0n) is 7.42. The highest BCUT2D eigenvalue weighted by molar-refractivity contribution is 7.56. The van der Waals surface area contributed by atoms with Crippen LogP contribution in [0, 0.1) is 0 Å². The maximum atomic E-state index is 10.9. The largest absolute Gasteiger partial charge is 0.391 e. The SMILES string of the molecule is CPC(=O)NC(C(C)=O)C(C)O. The topological polar surface area (TPSA) is 66.4 Å². The van der Waals surface area contributed by atoms with Gasteiger partial charge in [0.2, 0.25) is 5.65 Å². The summed E-state index contributed by atoms with van der Waals surface area (Å²) in [6.45, 7) is 4.54. The van der Waals surface area contributed by atoms with Crippen LogP contribution in [0.3, 0.4) is 0 Å². The second-order valence-corrected chi connectivity index (χ2v) is 3.51. The third-order valence-electron chi connectivity index (χ3n) is 1.43. The summed E-state index contributed by atoms with van der Waals surface area (Å²) in [4.78, 5) is 21.7. The summed E-state index contributed by atoms with van der Waals surface area (Å²) in [5, 5.41) is 11.5. The lowest BCUT2D eigenvalue weighted by Crippen LogP contribution is -2.45. The monoisotopic (exact) mass is 191 g/mol. The van der Waals surface area contributed by atoms with Gasteiger partial charge in [0.25, 0.3) is 0 Å². The molecule has 3 atom stereocenters. The van der Waals surface area contributed by atoms with Gasteiger partial charge in [0.05, 0.1) is 6.10 Å². The van der Waals surface area contributed by atoms with Crippen LogP contribution in [0.15, 0.2) is 0 Å². The summed E-state index contributed by atoms with van der Waals surface area (Å²) >= 11 is 0. The molecule has 0 rings (SSSR count). The van der Waals surface area contributed by atoms with E-state index in [2.05, 4.69) is 5.32 Å². The normalized spacial score (nSPS) is 16.0. The van der Waals surface area contributed by atoms with Gasteiger partial charge >= 0.3 is 0 Å². The molecule has 3 unspecified atom stereocenters. The number of amides is 1. The minimum Gasteiger partial charge on any atom is -0.391 e. The Morgan fingerprint density at radius 3 is 2.25 bits per heavy atom. The maximum absolute atomic E-state index is 10.9. The summed E-state index contributed by atoms with van der Waals surface area (Å²) in [5.74, 6) is -0.225. The Hall–Kier alpha value is -0.470. The Morgan fingerprint density at radius 1 is 1.50 bits per heavy atom. The van der Waals surface area contributed by atoms with Crippen LogP contribution < -0.4 is 5.32 Å². The molecule has 1 amide bonds. The lowest BCUT2D eigenvalue weighted by molar-refractivity contribution is -0.120. The molecule has 0 heterocycles. The number of aliphatic hydroxyl groups excluding tert-OH is 1. The molecule has 12 heavy (non-hydrogen) atoms. The molecule has 5 heteroatoms. The van der Waals surface area contributed by atoms with E-state index in [1.165, 1.54) is 13.8 Å². The molecule has 70 valence electrons. The zero-order valence-corrected chi connectivity index (χ0v) is 8.42. The van der Waals surface area contributed by atoms with Crippen molar-refractivity contribution in [2.45, 2.75) is 26.0 Å². The van der Waals surface area contributed by atoms with Crippen molar-refractivity contribution in [3.63, 3.8) is 0 Å². The molecule has 0 aromatic carbocycles. The van der Waals surface area contributed by atoms with Crippen LogP contribution in [-0.2, 0) is 4.79 Å². The molecule has 0 saturated heterocycles. The molecule has 0 bridgehead atoms. The van der Waals surface area contributed by atoms with Crippen molar-refractivity contribution in [3.8, 4) is 0 Å². The number of carbonyl (C=O) groups is 2. The lowest BCUT2D eigenvalue weighted by atomic mass is 10.1. The van der Waals surface area contributed by atoms with Gasteiger partial charge in [0, 0.05) is 0 Å². The Morgan fingerprint density at radius 2 is 2.00 bits per heavy atom. The first-order valence-corrected chi connectivity index (χ1v) is 5.15. The first-order valence-electron chi connectivity index (χ1n) is 3.65. The number of hydrogen-bond donors (Lipinski definition) is 2. The molecule has 0 aliphatic carbocycles. The van der Waals surface area contributed by atoms with Crippen molar-refractivity contribution >= 4 is 20.0 Å². The van der Waals surface area contributed by atoms with Crippen LogP contribution in [0.5, 0.6) is 0 Å². The van der Waals surface area contributed by atoms with Crippen molar-refractivity contribution in [3.05, 3.63) is 0 Å². The van der Waals surface area contributed by atoms with Crippen LogP contribution in [0.4, 0.5) is 4.79 Å². The average molecular weight is 191 g/mol. The van der Waals surface area contributed by atoms with E-state index in [-0.39, 0.29) is 20.0 Å². The molecule has 0 spiro atoms. The molecule has 2 N–H and O–H groups in total. The van der Waals surface area contributed by atoms with Gasteiger partial charge < -0.3 is 10.4 Å². The molecule has 0 fully saturated rings. The Bertz CT molecular complexity index is 181. The zero-order chi connectivity index (χ0) is 9.72. The summed E-state index contributed by atoms with van der Waals surface area (Å²) in [6, 6.07) is -0.759. The second kappa shape index (κ2) is 5.22. The van der Waals surface area contributed by atoms with Gasteiger partial charge in [-0.15, -0.1) is 0 Å². The molecule has 4 nitrogen and oxygen atoms in total. The number of carbonyl (C=O) groups excluding carboxylic acids is 2.